The average molecular weight is 317 g/mol. The number of benzene rings is 2. The van der Waals surface area contributed by atoms with Crippen molar-refractivity contribution >= 4 is 11.7 Å². The number of non-ortho nitro benzene ring substituents is 1. The van der Waals surface area contributed by atoms with Crippen LogP contribution in [0.1, 0.15) is 5.56 Å². The molecule has 7 nitrogen and oxygen atoms in total. The minimum absolute atomic E-state index is 0.000497. The number of nitro groups is 1. The van der Waals surface area contributed by atoms with E-state index in [0.29, 0.717) is 11.5 Å². The van der Waals surface area contributed by atoms with E-state index in [9.17, 15) is 14.9 Å². The number of nitrogens with zero attached hydrogens (tertiary/aromatic N) is 1. The molecule has 0 aliphatic rings. The molecule has 0 radical (unpaired) electrons. The summed E-state index contributed by atoms with van der Waals surface area (Å²) in [5, 5.41) is 10.5. The maximum Gasteiger partial charge on any atom is 0.309 e. The first-order valence-electron chi connectivity index (χ1n) is 6.74. The molecule has 0 unspecified atom stereocenters. The van der Waals surface area contributed by atoms with Crippen LogP contribution in [0.5, 0.6) is 11.5 Å². The second kappa shape index (κ2) is 7.79. The van der Waals surface area contributed by atoms with Gasteiger partial charge in [-0.15, -0.1) is 0 Å². The zero-order valence-electron chi connectivity index (χ0n) is 12.4. The fourth-order valence-electron chi connectivity index (χ4n) is 1.77. The Morgan fingerprint density at radius 3 is 2.00 bits per heavy atom. The van der Waals surface area contributed by atoms with Gasteiger partial charge in [-0.2, -0.15) is 0 Å². The second-order valence-electron chi connectivity index (χ2n) is 4.55. The Morgan fingerprint density at radius 2 is 1.52 bits per heavy atom. The van der Waals surface area contributed by atoms with E-state index < -0.39 is 4.92 Å². The van der Waals surface area contributed by atoms with E-state index in [2.05, 4.69) is 4.74 Å². The van der Waals surface area contributed by atoms with Crippen LogP contribution in [0.3, 0.4) is 0 Å². The Hall–Kier alpha value is -3.09. The Balaban J connectivity index is 1.81. The minimum Gasteiger partial charge on any atom is -0.469 e. The van der Waals surface area contributed by atoms with Crippen molar-refractivity contribution in [3.63, 3.8) is 0 Å². The van der Waals surface area contributed by atoms with E-state index in [1.807, 2.05) is 0 Å². The largest absolute Gasteiger partial charge is 0.469 e. The Kier molecular flexibility index (Phi) is 5.51. The van der Waals surface area contributed by atoms with Crippen molar-refractivity contribution in [3.05, 3.63) is 64.2 Å². The first-order chi connectivity index (χ1) is 11.1. The number of esters is 1. The van der Waals surface area contributed by atoms with Gasteiger partial charge in [0, 0.05) is 12.1 Å². The van der Waals surface area contributed by atoms with Crippen LogP contribution in [0.4, 0.5) is 5.69 Å². The highest BCUT2D eigenvalue weighted by molar-refractivity contribution is 5.72. The summed E-state index contributed by atoms with van der Waals surface area (Å²) in [6.07, 6.45) is 0.204. The molecule has 2 aromatic carbocycles. The third-order valence-electron chi connectivity index (χ3n) is 3.00. The zero-order chi connectivity index (χ0) is 16.7. The van der Waals surface area contributed by atoms with E-state index in [0.717, 1.165) is 5.56 Å². The molecule has 0 atom stereocenters. The van der Waals surface area contributed by atoms with Crippen LogP contribution >= 0.6 is 0 Å². The topological polar surface area (TPSA) is 87.9 Å². The molecule has 2 rings (SSSR count). The molecule has 0 saturated carbocycles. The smallest absolute Gasteiger partial charge is 0.309 e. The number of rotatable bonds is 7. The van der Waals surface area contributed by atoms with E-state index in [1.54, 1.807) is 24.3 Å². The van der Waals surface area contributed by atoms with E-state index in [1.165, 1.54) is 31.4 Å². The summed E-state index contributed by atoms with van der Waals surface area (Å²) in [7, 11) is 1.34. The molecule has 0 heterocycles. The van der Waals surface area contributed by atoms with Crippen LogP contribution in [-0.2, 0) is 16.0 Å². The standard InChI is InChI=1S/C16H15NO6/c1-21-16(18)10-12-2-6-14(7-3-12)22-11-23-15-8-4-13(5-9-15)17(19)20/h2-9H,10-11H2,1H3. The van der Waals surface area contributed by atoms with Gasteiger partial charge in [-0.1, -0.05) is 12.1 Å². The molecule has 0 fully saturated rings. The maximum absolute atomic E-state index is 11.1. The van der Waals surface area contributed by atoms with Gasteiger partial charge in [0.05, 0.1) is 18.5 Å². The van der Waals surface area contributed by atoms with Gasteiger partial charge in [0.25, 0.3) is 5.69 Å². The van der Waals surface area contributed by atoms with Crippen molar-refractivity contribution in [2.75, 3.05) is 13.9 Å². The van der Waals surface area contributed by atoms with E-state index >= 15 is 0 Å². The molecule has 0 amide bonds. The van der Waals surface area contributed by atoms with E-state index in [-0.39, 0.29) is 24.9 Å². The summed E-state index contributed by atoms with van der Waals surface area (Å²) >= 11 is 0. The summed E-state index contributed by atoms with van der Waals surface area (Å²) in [6, 6.07) is 12.7. The van der Waals surface area contributed by atoms with Crippen LogP contribution in [0.25, 0.3) is 0 Å². The van der Waals surface area contributed by atoms with Gasteiger partial charge in [0.2, 0.25) is 6.79 Å². The quantitative estimate of drug-likeness (QED) is 0.338. The molecule has 23 heavy (non-hydrogen) atoms. The predicted molar refractivity (Wildman–Crippen MR) is 81.4 cm³/mol. The third-order valence-corrected chi connectivity index (χ3v) is 3.00. The Morgan fingerprint density at radius 1 is 1.00 bits per heavy atom. The molecule has 0 bridgehead atoms. The molecule has 0 aliphatic heterocycles. The molecule has 0 aromatic heterocycles. The van der Waals surface area contributed by atoms with Crippen LogP contribution in [0.15, 0.2) is 48.5 Å². The van der Waals surface area contributed by atoms with Gasteiger partial charge >= 0.3 is 5.97 Å². The van der Waals surface area contributed by atoms with Crippen molar-refractivity contribution in [2.24, 2.45) is 0 Å². The monoisotopic (exact) mass is 317 g/mol. The highest BCUT2D eigenvalue weighted by Crippen LogP contribution is 2.18. The van der Waals surface area contributed by atoms with Gasteiger partial charge < -0.3 is 14.2 Å². The van der Waals surface area contributed by atoms with Crippen LogP contribution in [0.2, 0.25) is 0 Å². The van der Waals surface area contributed by atoms with E-state index in [4.69, 9.17) is 9.47 Å². The molecular formula is C16H15NO6. The number of hydrogen-bond acceptors (Lipinski definition) is 6. The summed E-state index contributed by atoms with van der Waals surface area (Å²) in [5.74, 6) is 0.749. The summed E-state index contributed by atoms with van der Waals surface area (Å²) in [5.41, 5.74) is 0.819. The number of methoxy groups -OCH3 is 1. The molecule has 0 N–H and O–H groups in total. The molecule has 120 valence electrons. The number of hydrogen-bond donors (Lipinski definition) is 0. The minimum atomic E-state index is -0.476. The number of carbonyl (C=O) groups is 1. The molecule has 2 aromatic rings. The number of ether oxygens (including phenoxy) is 3. The second-order valence-corrected chi connectivity index (χ2v) is 4.55. The lowest BCUT2D eigenvalue weighted by Crippen LogP contribution is -2.06. The normalized spacial score (nSPS) is 9.96. The Labute approximate surface area is 132 Å². The van der Waals surface area contributed by atoms with Crippen molar-refractivity contribution in [2.45, 2.75) is 6.42 Å². The van der Waals surface area contributed by atoms with Gasteiger partial charge in [0.1, 0.15) is 11.5 Å². The van der Waals surface area contributed by atoms with Gasteiger partial charge in [-0.3, -0.25) is 14.9 Å². The summed E-state index contributed by atoms with van der Waals surface area (Å²) in [6.45, 7) is -0.0336. The highest BCUT2D eigenvalue weighted by atomic mass is 16.7. The maximum atomic E-state index is 11.1. The average Bonchev–Trinajstić information content (AvgIpc) is 2.57. The van der Waals surface area contributed by atoms with Gasteiger partial charge in [-0.05, 0) is 29.8 Å². The fourth-order valence-corrected chi connectivity index (χ4v) is 1.77. The fraction of sp³-hybridized carbons (Fsp3) is 0.188. The summed E-state index contributed by atoms with van der Waals surface area (Å²) < 4.78 is 15.3. The first kappa shape index (κ1) is 16.3. The van der Waals surface area contributed by atoms with Crippen molar-refractivity contribution in [1.29, 1.82) is 0 Å². The predicted octanol–water partition coefficient (Wildman–Crippen LogP) is 2.73. The van der Waals surface area contributed by atoms with Gasteiger partial charge in [-0.25, -0.2) is 0 Å². The first-order valence-corrected chi connectivity index (χ1v) is 6.74. The van der Waals surface area contributed by atoms with Gasteiger partial charge in [0.15, 0.2) is 0 Å². The van der Waals surface area contributed by atoms with Crippen molar-refractivity contribution in [1.82, 2.24) is 0 Å². The molecular weight excluding hydrogens is 302 g/mol. The molecule has 0 spiro atoms. The van der Waals surface area contributed by atoms with Crippen LogP contribution < -0.4 is 9.47 Å². The summed E-state index contributed by atoms with van der Waals surface area (Å²) in [4.78, 5) is 21.2. The third kappa shape index (κ3) is 4.99. The molecule has 7 heteroatoms. The lowest BCUT2D eigenvalue weighted by Gasteiger charge is -2.09. The van der Waals surface area contributed by atoms with Crippen molar-refractivity contribution in [3.8, 4) is 11.5 Å². The molecule has 0 aliphatic carbocycles. The highest BCUT2D eigenvalue weighted by Gasteiger charge is 2.05. The number of nitro benzene ring substituents is 1. The Bertz CT molecular complexity index is 666. The van der Waals surface area contributed by atoms with Crippen LogP contribution in [-0.4, -0.2) is 24.8 Å². The SMILES string of the molecule is COC(=O)Cc1ccc(OCOc2ccc([N+](=O)[O-])cc2)cc1. The zero-order valence-corrected chi connectivity index (χ0v) is 12.4. The van der Waals surface area contributed by atoms with Crippen LogP contribution in [0, 0.1) is 10.1 Å². The number of carbonyl (C=O) groups excluding carboxylic acids is 1. The lowest BCUT2D eigenvalue weighted by molar-refractivity contribution is -0.384. The van der Waals surface area contributed by atoms with Crippen molar-refractivity contribution < 1.29 is 23.9 Å². The lowest BCUT2D eigenvalue weighted by atomic mass is 10.1. The molecule has 0 saturated heterocycles.